The molecule has 0 amide bonds. The van der Waals surface area contributed by atoms with Crippen LogP contribution in [0, 0.1) is 0 Å². The molecule has 3 aromatic rings. The Bertz CT molecular complexity index is 793. The van der Waals surface area contributed by atoms with Crippen molar-refractivity contribution in [3.8, 4) is 10.7 Å². The van der Waals surface area contributed by atoms with Crippen molar-refractivity contribution in [2.45, 2.75) is 18.7 Å². The van der Waals surface area contributed by atoms with Crippen LogP contribution in [0.1, 0.15) is 16.0 Å². The Labute approximate surface area is 132 Å². The summed E-state index contributed by atoms with van der Waals surface area (Å²) in [7, 11) is 2.10. The van der Waals surface area contributed by atoms with E-state index in [0.29, 0.717) is 6.54 Å². The van der Waals surface area contributed by atoms with Crippen molar-refractivity contribution < 1.29 is 0 Å². The maximum Gasteiger partial charge on any atom is 0.151 e. The van der Waals surface area contributed by atoms with E-state index in [9.17, 15) is 0 Å². The molecule has 3 nitrogen and oxygen atoms in total. The van der Waals surface area contributed by atoms with Gasteiger partial charge in [0.05, 0.1) is 15.9 Å². The first-order valence-corrected chi connectivity index (χ1v) is 9.09. The molecule has 1 aliphatic heterocycles. The van der Waals surface area contributed by atoms with Crippen molar-refractivity contribution in [2.75, 3.05) is 5.75 Å². The summed E-state index contributed by atoms with van der Waals surface area (Å²) in [6.07, 6.45) is 1.20. The minimum atomic E-state index is 0.533. The number of nitrogens with two attached hydrogens (primary N) is 1. The Kier molecular flexibility index (Phi) is 3.28. The maximum atomic E-state index is 5.84. The largest absolute Gasteiger partial charge is 0.326 e. The topological polar surface area (TPSA) is 43.8 Å². The molecule has 0 unspecified atom stereocenters. The number of fused-ring (bicyclic) bond motifs is 2. The lowest BCUT2D eigenvalue weighted by molar-refractivity contribution is 0.963. The lowest BCUT2D eigenvalue weighted by Crippen LogP contribution is -1.97. The second-order valence-corrected chi connectivity index (χ2v) is 7.59. The third kappa shape index (κ3) is 2.11. The van der Waals surface area contributed by atoms with Crippen molar-refractivity contribution in [2.24, 2.45) is 12.8 Å². The SMILES string of the molecule is Cn1c(-c2cc3c(s2)CCSC3)nc2c(CN)cccc21. The fraction of sp³-hybridized carbons (Fsp3) is 0.312. The first kappa shape index (κ1) is 13.4. The Hall–Kier alpha value is -1.30. The first-order valence-electron chi connectivity index (χ1n) is 7.12. The standard InChI is InChI=1S/C16H17N3S2/c1-19-12-4-2-3-10(8-17)15(12)18-16(19)14-7-11-9-20-6-5-13(11)21-14/h2-4,7H,5-6,8-9,17H2,1H3. The maximum absolute atomic E-state index is 5.84. The van der Waals surface area contributed by atoms with E-state index in [1.807, 2.05) is 23.1 Å². The van der Waals surface area contributed by atoms with Crippen LogP contribution in [0.25, 0.3) is 21.7 Å². The van der Waals surface area contributed by atoms with E-state index in [2.05, 4.69) is 35.9 Å². The van der Waals surface area contributed by atoms with Gasteiger partial charge in [0.2, 0.25) is 0 Å². The van der Waals surface area contributed by atoms with Gasteiger partial charge < -0.3 is 10.3 Å². The van der Waals surface area contributed by atoms with Crippen molar-refractivity contribution in [1.82, 2.24) is 9.55 Å². The molecular formula is C16H17N3S2. The van der Waals surface area contributed by atoms with Gasteiger partial charge >= 0.3 is 0 Å². The zero-order valence-corrected chi connectivity index (χ0v) is 13.6. The number of nitrogens with zero attached hydrogens (tertiary/aromatic N) is 2. The van der Waals surface area contributed by atoms with E-state index in [1.165, 1.54) is 27.5 Å². The van der Waals surface area contributed by atoms with E-state index in [-0.39, 0.29) is 0 Å². The van der Waals surface area contributed by atoms with Gasteiger partial charge in [-0.3, -0.25) is 0 Å². The van der Waals surface area contributed by atoms with Gasteiger partial charge in [-0.1, -0.05) is 12.1 Å². The molecule has 2 N–H and O–H groups in total. The van der Waals surface area contributed by atoms with E-state index >= 15 is 0 Å². The Balaban J connectivity index is 1.90. The van der Waals surface area contributed by atoms with Gasteiger partial charge in [-0.25, -0.2) is 4.98 Å². The minimum absolute atomic E-state index is 0.533. The zero-order valence-electron chi connectivity index (χ0n) is 11.9. The molecule has 5 heteroatoms. The number of rotatable bonds is 2. The highest BCUT2D eigenvalue weighted by Crippen LogP contribution is 2.37. The predicted octanol–water partition coefficient (Wildman–Crippen LogP) is 3.55. The fourth-order valence-electron chi connectivity index (χ4n) is 2.92. The van der Waals surface area contributed by atoms with E-state index < -0.39 is 0 Å². The van der Waals surface area contributed by atoms with E-state index in [0.717, 1.165) is 28.2 Å². The number of aromatic nitrogens is 2. The number of aryl methyl sites for hydroxylation is 2. The highest BCUT2D eigenvalue weighted by atomic mass is 32.2. The molecule has 3 heterocycles. The summed E-state index contributed by atoms with van der Waals surface area (Å²) in [6, 6.07) is 8.57. The summed E-state index contributed by atoms with van der Waals surface area (Å²) in [5, 5.41) is 0. The summed E-state index contributed by atoms with van der Waals surface area (Å²) < 4.78 is 2.19. The Morgan fingerprint density at radius 2 is 2.29 bits per heavy atom. The predicted molar refractivity (Wildman–Crippen MR) is 91.8 cm³/mol. The van der Waals surface area contributed by atoms with Gasteiger partial charge in [-0.15, -0.1) is 11.3 Å². The van der Waals surface area contributed by atoms with Gasteiger partial charge in [-0.2, -0.15) is 11.8 Å². The molecule has 0 saturated carbocycles. The third-order valence-electron chi connectivity index (χ3n) is 4.06. The number of para-hydroxylation sites is 1. The summed E-state index contributed by atoms with van der Waals surface area (Å²) in [5.74, 6) is 3.45. The quantitative estimate of drug-likeness (QED) is 0.786. The molecule has 0 fully saturated rings. The van der Waals surface area contributed by atoms with Crippen LogP contribution >= 0.6 is 23.1 Å². The molecule has 0 radical (unpaired) electrons. The fourth-order valence-corrected chi connectivity index (χ4v) is 5.31. The number of thiophene rings is 1. The molecule has 0 saturated heterocycles. The van der Waals surface area contributed by atoms with Gasteiger partial charge in [0.15, 0.2) is 5.82 Å². The van der Waals surface area contributed by atoms with Crippen LogP contribution < -0.4 is 5.73 Å². The van der Waals surface area contributed by atoms with Crippen LogP contribution in [0.3, 0.4) is 0 Å². The molecule has 4 rings (SSSR count). The average molecular weight is 315 g/mol. The summed E-state index contributed by atoms with van der Waals surface area (Å²) in [6.45, 7) is 0.533. The molecular weight excluding hydrogens is 298 g/mol. The van der Waals surface area contributed by atoms with Gasteiger partial charge in [0, 0.05) is 24.2 Å². The molecule has 0 bridgehead atoms. The normalized spacial score (nSPS) is 14.6. The van der Waals surface area contributed by atoms with Crippen LogP contribution in [0.2, 0.25) is 0 Å². The summed E-state index contributed by atoms with van der Waals surface area (Å²) in [5.41, 5.74) is 10.7. The smallest absolute Gasteiger partial charge is 0.151 e. The molecule has 1 aliphatic rings. The van der Waals surface area contributed by atoms with Crippen LogP contribution in [-0.2, 0) is 25.8 Å². The minimum Gasteiger partial charge on any atom is -0.326 e. The molecule has 21 heavy (non-hydrogen) atoms. The molecule has 2 aromatic heterocycles. The second kappa shape index (κ2) is 5.16. The van der Waals surface area contributed by atoms with Crippen molar-refractivity contribution >= 4 is 34.1 Å². The molecule has 0 spiro atoms. The number of thioether (sulfide) groups is 1. The molecule has 108 valence electrons. The highest BCUT2D eigenvalue weighted by molar-refractivity contribution is 7.98. The summed E-state index contributed by atoms with van der Waals surface area (Å²) >= 11 is 3.93. The van der Waals surface area contributed by atoms with Gasteiger partial charge in [-0.05, 0) is 35.4 Å². The van der Waals surface area contributed by atoms with Crippen LogP contribution in [-0.4, -0.2) is 15.3 Å². The van der Waals surface area contributed by atoms with Gasteiger partial charge in [0.25, 0.3) is 0 Å². The lowest BCUT2D eigenvalue weighted by Gasteiger charge is -2.08. The van der Waals surface area contributed by atoms with Crippen molar-refractivity contribution in [3.05, 3.63) is 40.3 Å². The van der Waals surface area contributed by atoms with Crippen molar-refractivity contribution in [3.63, 3.8) is 0 Å². The van der Waals surface area contributed by atoms with E-state index in [1.54, 1.807) is 0 Å². The average Bonchev–Trinajstić information content (AvgIpc) is 3.08. The van der Waals surface area contributed by atoms with Crippen LogP contribution in [0.15, 0.2) is 24.3 Å². The zero-order chi connectivity index (χ0) is 14.4. The number of imidazole rings is 1. The monoisotopic (exact) mass is 315 g/mol. The first-order chi connectivity index (χ1) is 10.3. The van der Waals surface area contributed by atoms with Crippen molar-refractivity contribution in [1.29, 1.82) is 0 Å². The molecule has 0 atom stereocenters. The number of benzene rings is 1. The number of hydrogen-bond acceptors (Lipinski definition) is 4. The number of hydrogen-bond donors (Lipinski definition) is 1. The lowest BCUT2D eigenvalue weighted by atomic mass is 10.2. The van der Waals surface area contributed by atoms with E-state index in [4.69, 9.17) is 10.7 Å². The Morgan fingerprint density at radius 1 is 1.38 bits per heavy atom. The molecule has 0 aliphatic carbocycles. The molecule has 1 aromatic carbocycles. The highest BCUT2D eigenvalue weighted by Gasteiger charge is 2.18. The second-order valence-electron chi connectivity index (χ2n) is 5.35. The summed E-state index contributed by atoms with van der Waals surface area (Å²) in [4.78, 5) is 7.70. The van der Waals surface area contributed by atoms with Gasteiger partial charge in [0.1, 0.15) is 0 Å². The third-order valence-corrected chi connectivity index (χ3v) is 6.30. The van der Waals surface area contributed by atoms with Crippen LogP contribution in [0.5, 0.6) is 0 Å². The Morgan fingerprint density at radius 3 is 3.10 bits per heavy atom. The van der Waals surface area contributed by atoms with Crippen LogP contribution in [0.4, 0.5) is 0 Å².